The Kier molecular flexibility index (Phi) is 6.31. The fourth-order valence-electron chi connectivity index (χ4n) is 2.99. The molecule has 7 heteroatoms. The van der Waals surface area contributed by atoms with E-state index in [9.17, 15) is 4.79 Å². The van der Waals surface area contributed by atoms with E-state index in [1.165, 1.54) is 6.07 Å². The minimum absolute atomic E-state index is 0.248. The number of aryl methyl sites for hydroxylation is 2. The van der Waals surface area contributed by atoms with E-state index < -0.39 is 5.97 Å². The van der Waals surface area contributed by atoms with Crippen molar-refractivity contribution in [2.24, 2.45) is 0 Å². The number of rotatable bonds is 3. The topological polar surface area (TPSA) is 69.8 Å². The average Bonchev–Trinajstić information content (AvgIpc) is 2.96. The second-order valence-corrected chi connectivity index (χ2v) is 6.03. The molecule has 1 aromatic heterocycles. The molecule has 3 rings (SSSR count). The van der Waals surface area contributed by atoms with E-state index in [2.05, 4.69) is 15.0 Å². The van der Waals surface area contributed by atoms with Gasteiger partial charge in [0, 0.05) is 26.2 Å². The minimum Gasteiger partial charge on any atom is -0.478 e. The molecule has 0 spiro atoms. The first kappa shape index (κ1) is 19.1. The van der Waals surface area contributed by atoms with Gasteiger partial charge in [0.2, 0.25) is 0 Å². The Labute approximate surface area is 153 Å². The van der Waals surface area contributed by atoms with Crippen LogP contribution in [0.2, 0.25) is 5.02 Å². The van der Waals surface area contributed by atoms with Gasteiger partial charge in [-0.1, -0.05) is 30.6 Å². The maximum absolute atomic E-state index is 11.1. The van der Waals surface area contributed by atoms with E-state index in [0.717, 1.165) is 49.0 Å². The highest BCUT2D eigenvalue weighted by Gasteiger charge is 2.24. The predicted octanol–water partition coefficient (Wildman–Crippen LogP) is 4.00. The Morgan fingerprint density at radius 1 is 1.16 bits per heavy atom. The molecular weight excluding hydrogens is 342 g/mol. The van der Waals surface area contributed by atoms with E-state index in [-0.39, 0.29) is 5.56 Å². The molecule has 6 nitrogen and oxygen atoms in total. The normalized spacial score (nSPS) is 14.1. The van der Waals surface area contributed by atoms with Gasteiger partial charge in [-0.25, -0.2) is 4.79 Å². The Bertz CT molecular complexity index is 718. The summed E-state index contributed by atoms with van der Waals surface area (Å²) in [4.78, 5) is 15.5. The molecule has 0 saturated carbocycles. The zero-order valence-corrected chi connectivity index (χ0v) is 15.8. The third kappa shape index (κ3) is 4.07. The number of hydrogen-bond acceptors (Lipinski definition) is 5. The van der Waals surface area contributed by atoms with Crippen LogP contribution < -0.4 is 9.80 Å². The van der Waals surface area contributed by atoms with Crippen LogP contribution in [0.25, 0.3) is 0 Å². The Morgan fingerprint density at radius 2 is 1.76 bits per heavy atom. The van der Waals surface area contributed by atoms with E-state index in [4.69, 9.17) is 21.2 Å². The number of carboxylic acids is 1. The second-order valence-electron chi connectivity index (χ2n) is 5.62. The van der Waals surface area contributed by atoms with Gasteiger partial charge in [0.1, 0.15) is 11.4 Å². The van der Waals surface area contributed by atoms with Crippen LogP contribution in [0.1, 0.15) is 35.7 Å². The lowest BCUT2D eigenvalue weighted by molar-refractivity contribution is 0.0697. The van der Waals surface area contributed by atoms with Gasteiger partial charge in [0.15, 0.2) is 5.76 Å². The van der Waals surface area contributed by atoms with Gasteiger partial charge in [-0.05, 0) is 32.0 Å². The number of aromatic carboxylic acids is 1. The number of carboxylic acid groups (broad SMARTS) is 1. The van der Waals surface area contributed by atoms with Crippen LogP contribution in [-0.2, 0) is 0 Å². The fraction of sp³-hybridized carbons (Fsp3) is 0.444. The molecule has 1 aromatic carbocycles. The van der Waals surface area contributed by atoms with Gasteiger partial charge in [0.25, 0.3) is 0 Å². The van der Waals surface area contributed by atoms with Crippen molar-refractivity contribution in [3.8, 4) is 0 Å². The van der Waals surface area contributed by atoms with Crippen LogP contribution in [0, 0.1) is 13.8 Å². The first-order valence-electron chi connectivity index (χ1n) is 8.43. The molecule has 25 heavy (non-hydrogen) atoms. The molecule has 1 N–H and O–H groups in total. The summed E-state index contributed by atoms with van der Waals surface area (Å²) in [7, 11) is 0. The van der Waals surface area contributed by atoms with Crippen molar-refractivity contribution in [3.05, 3.63) is 40.2 Å². The zero-order valence-electron chi connectivity index (χ0n) is 15.0. The van der Waals surface area contributed by atoms with Crippen molar-refractivity contribution in [2.45, 2.75) is 27.7 Å². The maximum atomic E-state index is 11.1. The number of anilines is 2. The maximum Gasteiger partial charge on any atom is 0.335 e. The van der Waals surface area contributed by atoms with Crippen molar-refractivity contribution in [2.75, 3.05) is 36.0 Å². The van der Waals surface area contributed by atoms with Gasteiger partial charge in [-0.3, -0.25) is 0 Å². The number of carbonyl (C=O) groups is 1. The Balaban J connectivity index is 0.00000109. The smallest absolute Gasteiger partial charge is 0.335 e. The molecule has 136 valence electrons. The summed E-state index contributed by atoms with van der Waals surface area (Å²) in [6, 6.07) is 4.80. The molecule has 2 heterocycles. The summed E-state index contributed by atoms with van der Waals surface area (Å²) in [5, 5.41) is 13.7. The van der Waals surface area contributed by atoms with E-state index in [0.29, 0.717) is 5.02 Å². The van der Waals surface area contributed by atoms with Gasteiger partial charge in [0.05, 0.1) is 16.3 Å². The number of piperazine rings is 1. The van der Waals surface area contributed by atoms with Crippen molar-refractivity contribution in [1.82, 2.24) is 5.16 Å². The number of hydrogen-bond donors (Lipinski definition) is 1. The molecule has 0 amide bonds. The highest BCUT2D eigenvalue weighted by molar-refractivity contribution is 6.33. The summed E-state index contributed by atoms with van der Waals surface area (Å²) in [5.41, 5.74) is 2.96. The minimum atomic E-state index is -0.947. The summed E-state index contributed by atoms with van der Waals surface area (Å²) in [6.07, 6.45) is 0. The van der Waals surface area contributed by atoms with Crippen LogP contribution in [0.4, 0.5) is 11.4 Å². The largest absolute Gasteiger partial charge is 0.478 e. The molecule has 1 fully saturated rings. The van der Waals surface area contributed by atoms with Gasteiger partial charge in [-0.2, -0.15) is 0 Å². The number of halogens is 1. The van der Waals surface area contributed by atoms with Gasteiger partial charge < -0.3 is 19.4 Å². The molecule has 2 aromatic rings. The van der Waals surface area contributed by atoms with Crippen LogP contribution >= 0.6 is 11.6 Å². The molecule has 0 radical (unpaired) electrons. The molecular formula is C18H24ClN3O3. The fourth-order valence-corrected chi connectivity index (χ4v) is 3.23. The van der Waals surface area contributed by atoms with Crippen LogP contribution in [0.15, 0.2) is 22.7 Å². The van der Waals surface area contributed by atoms with E-state index in [1.807, 2.05) is 27.7 Å². The number of benzene rings is 1. The highest BCUT2D eigenvalue weighted by Crippen LogP contribution is 2.30. The quantitative estimate of drug-likeness (QED) is 0.886. The van der Waals surface area contributed by atoms with Gasteiger partial charge >= 0.3 is 5.97 Å². The SMILES string of the molecule is CC.Cc1noc(C)c1N1CCN(c2cc(C(=O)O)ccc2Cl)CC1. The lowest BCUT2D eigenvalue weighted by Crippen LogP contribution is -2.47. The second kappa shape index (κ2) is 8.25. The monoisotopic (exact) mass is 365 g/mol. The van der Waals surface area contributed by atoms with Crippen molar-refractivity contribution in [1.29, 1.82) is 0 Å². The molecule has 0 bridgehead atoms. The molecule has 1 aliphatic rings. The molecule has 0 aliphatic carbocycles. The Morgan fingerprint density at radius 3 is 2.28 bits per heavy atom. The van der Waals surface area contributed by atoms with Crippen LogP contribution in [0.5, 0.6) is 0 Å². The van der Waals surface area contributed by atoms with Crippen molar-refractivity contribution in [3.63, 3.8) is 0 Å². The lowest BCUT2D eigenvalue weighted by atomic mass is 10.1. The Hall–Kier alpha value is -2.21. The lowest BCUT2D eigenvalue weighted by Gasteiger charge is -2.37. The standard InChI is InChI=1S/C16H18ClN3O3.C2H6/c1-10-15(11(2)23-18-10)20-7-5-19(6-8-20)14-9-12(16(21)22)3-4-13(14)17;1-2/h3-4,9H,5-8H2,1-2H3,(H,21,22);1-2H3. The molecule has 0 atom stereocenters. The third-order valence-corrected chi connectivity index (χ3v) is 4.44. The van der Waals surface area contributed by atoms with Crippen molar-refractivity contribution >= 4 is 28.9 Å². The first-order chi connectivity index (χ1) is 12.0. The number of aromatic nitrogens is 1. The summed E-state index contributed by atoms with van der Waals surface area (Å²) in [5.74, 6) is -0.126. The number of nitrogens with zero attached hydrogens (tertiary/aromatic N) is 3. The molecule has 0 unspecified atom stereocenters. The zero-order chi connectivity index (χ0) is 18.6. The predicted molar refractivity (Wildman–Crippen MR) is 100 cm³/mol. The van der Waals surface area contributed by atoms with Gasteiger partial charge in [-0.15, -0.1) is 0 Å². The first-order valence-corrected chi connectivity index (χ1v) is 8.81. The summed E-state index contributed by atoms with van der Waals surface area (Å²) < 4.78 is 5.23. The molecule has 1 saturated heterocycles. The van der Waals surface area contributed by atoms with Crippen LogP contribution in [0.3, 0.4) is 0 Å². The summed E-state index contributed by atoms with van der Waals surface area (Å²) in [6.45, 7) is 11.0. The summed E-state index contributed by atoms with van der Waals surface area (Å²) >= 11 is 6.25. The average molecular weight is 366 g/mol. The highest BCUT2D eigenvalue weighted by atomic mass is 35.5. The van der Waals surface area contributed by atoms with E-state index in [1.54, 1.807) is 12.1 Å². The van der Waals surface area contributed by atoms with Crippen LogP contribution in [-0.4, -0.2) is 42.4 Å². The van der Waals surface area contributed by atoms with E-state index >= 15 is 0 Å². The molecule has 1 aliphatic heterocycles. The third-order valence-electron chi connectivity index (χ3n) is 4.13. The van der Waals surface area contributed by atoms with Crippen molar-refractivity contribution < 1.29 is 14.4 Å².